The molecule has 0 radical (unpaired) electrons. The molecule has 0 fully saturated rings. The number of carbonyl (C=O) groups is 6. The van der Waals surface area contributed by atoms with E-state index in [1.165, 1.54) is 0 Å². The van der Waals surface area contributed by atoms with Gasteiger partial charge in [0, 0.05) is 74.5 Å². The van der Waals surface area contributed by atoms with Gasteiger partial charge in [0.1, 0.15) is 83.3 Å². The van der Waals surface area contributed by atoms with Crippen LogP contribution in [0, 0.1) is 0 Å². The molecule has 2 aliphatic carbocycles. The highest BCUT2D eigenvalue weighted by Gasteiger charge is 2.50. The van der Waals surface area contributed by atoms with E-state index in [0.717, 1.165) is 122 Å². The number of carbonyl (C=O) groups excluding carboxylic acids is 6. The van der Waals surface area contributed by atoms with Crippen molar-refractivity contribution in [3.05, 3.63) is 262 Å². The number of ketones is 2. The second-order valence-electron chi connectivity index (χ2n) is 32.1. The summed E-state index contributed by atoms with van der Waals surface area (Å²) in [6.45, 7) is 11.2. The zero-order valence-electron chi connectivity index (χ0n) is 71.9. The largest absolute Gasteiger partial charge is 0.497 e. The molecule has 0 bridgehead atoms. The first-order valence-electron chi connectivity index (χ1n) is 42.1. The van der Waals surface area contributed by atoms with E-state index in [1.54, 1.807) is 56.1 Å². The highest BCUT2D eigenvalue weighted by Crippen LogP contribution is 2.61. The average molecular weight is 1680 g/mol. The van der Waals surface area contributed by atoms with Crippen LogP contribution in [0.25, 0.3) is 56.0 Å². The third-order valence-electron chi connectivity index (χ3n) is 23.7. The average Bonchev–Trinajstić information content (AvgIpc) is 1.52. The Morgan fingerprint density at radius 2 is 0.637 bits per heavy atom. The molecule has 0 saturated heterocycles. The summed E-state index contributed by atoms with van der Waals surface area (Å²) in [4.78, 5) is 78.0. The van der Waals surface area contributed by atoms with Crippen molar-refractivity contribution in [2.75, 3.05) is 108 Å². The number of esters is 4. The van der Waals surface area contributed by atoms with E-state index < -0.39 is 57.5 Å². The van der Waals surface area contributed by atoms with Gasteiger partial charge >= 0.3 is 23.9 Å². The molecule has 22 nitrogen and oxygen atoms in total. The van der Waals surface area contributed by atoms with E-state index in [0.29, 0.717) is 24.3 Å². The van der Waals surface area contributed by atoms with Gasteiger partial charge < -0.3 is 75.8 Å². The van der Waals surface area contributed by atoms with Crippen LogP contribution in [0.5, 0.6) is 34.5 Å². The summed E-state index contributed by atoms with van der Waals surface area (Å²) >= 11 is 0. The predicted octanol–water partition coefficient (Wildman–Crippen LogP) is 18.0. The number of fused-ring (bicyclic) bond motifs is 16. The number of hydrogen-bond acceptors (Lipinski definition) is 22. The lowest BCUT2D eigenvalue weighted by Crippen LogP contribution is -2.36. The Balaban J connectivity index is 0.446. The number of benzene rings is 10. The van der Waals surface area contributed by atoms with Crippen molar-refractivity contribution in [3.8, 4) is 56.8 Å². The number of hydrogen-bond donors (Lipinski definition) is 0. The van der Waals surface area contributed by atoms with Crippen LogP contribution in [-0.4, -0.2) is 154 Å². The Labute approximate surface area is 722 Å². The van der Waals surface area contributed by atoms with Crippen LogP contribution in [0.3, 0.4) is 0 Å². The van der Waals surface area contributed by atoms with E-state index in [9.17, 15) is 28.8 Å². The van der Waals surface area contributed by atoms with Gasteiger partial charge in [-0.3, -0.25) is 28.8 Å². The molecule has 2 heterocycles. The Morgan fingerprint density at radius 3 is 1.01 bits per heavy atom. The molecule has 0 spiro atoms. The zero-order valence-corrected chi connectivity index (χ0v) is 71.9. The van der Waals surface area contributed by atoms with Crippen LogP contribution in [0.1, 0.15) is 149 Å². The summed E-state index contributed by atoms with van der Waals surface area (Å²) in [6, 6.07) is 64.4. The van der Waals surface area contributed by atoms with Gasteiger partial charge in [0.05, 0.1) is 101 Å². The molecule has 2 atom stereocenters. The van der Waals surface area contributed by atoms with Gasteiger partial charge in [0.2, 0.25) is 0 Å². The number of ether oxygens (including phenoxy) is 16. The Bertz CT molecular complexity index is 5500. The maximum absolute atomic E-state index is 13.4. The minimum absolute atomic E-state index is 0.00461. The molecule has 0 amide bonds. The highest BCUT2D eigenvalue weighted by molar-refractivity contribution is 6.10. The molecule has 22 heteroatoms. The highest BCUT2D eigenvalue weighted by atomic mass is 16.6. The number of rotatable bonds is 43. The van der Waals surface area contributed by atoms with Crippen LogP contribution in [0.2, 0.25) is 0 Å². The Morgan fingerprint density at radius 1 is 0.331 bits per heavy atom. The standard InChI is InChI=1S/C102H106O22/c1-97(2,119-63-57-114-56-60-116-89(107)49-50-90(108)118-62-66-122-100(6)84-28-18-16-26-80(84)92-76-22-12-14-24-78(76)96-82(94(92)100)52-54-102(124-96,69-35-43-73(111-9)44-36-69)70-37-45-74(112-10)46-38-70)85(103)29-19-20-30-87(105)115-59-55-113-58-64-120-98(3,4)86(104)47-48-88(106)117-61-65-121-99(5)83-27-17-15-25-79(83)91-75-21-11-13-23-77(75)95-81(93(91)99)51-53-101(123-95,67-31-39-71(109-7)40-32-67)68-33-41-72(110-8)42-34-68/h11-18,21-28,31-46,51-54H,19-20,29-30,47-50,55-66H2,1-10H3. The van der Waals surface area contributed by atoms with E-state index in [4.69, 9.17) is 75.8 Å². The lowest BCUT2D eigenvalue weighted by Gasteiger charge is -2.39. The molecule has 646 valence electrons. The Kier molecular flexibility index (Phi) is 27.6. The lowest BCUT2D eigenvalue weighted by atomic mass is 9.80. The zero-order chi connectivity index (χ0) is 87.2. The maximum atomic E-state index is 13.4. The van der Waals surface area contributed by atoms with E-state index in [2.05, 4.69) is 72.8 Å². The van der Waals surface area contributed by atoms with Gasteiger partial charge in [-0.2, -0.15) is 0 Å². The van der Waals surface area contributed by atoms with Gasteiger partial charge in [0.25, 0.3) is 0 Å². The summed E-state index contributed by atoms with van der Waals surface area (Å²) in [5, 5.41) is 3.88. The fraction of sp³-hybridized carbons (Fsp3) is 0.353. The Hall–Kier alpha value is -12.0. The first kappa shape index (κ1) is 88.3. The van der Waals surface area contributed by atoms with Gasteiger partial charge in [-0.25, -0.2) is 0 Å². The van der Waals surface area contributed by atoms with Crippen LogP contribution < -0.4 is 28.4 Å². The molecule has 10 aromatic rings. The number of Topliss-reactive ketones (excluding diaryl/α,β-unsaturated/α-hetero) is 2. The first-order chi connectivity index (χ1) is 60.0. The smallest absolute Gasteiger partial charge is 0.306 e. The summed E-state index contributed by atoms with van der Waals surface area (Å²) in [6.07, 6.45) is 8.96. The van der Waals surface area contributed by atoms with Crippen molar-refractivity contribution < 1.29 is 105 Å². The van der Waals surface area contributed by atoms with Crippen molar-refractivity contribution in [2.45, 2.75) is 127 Å². The van der Waals surface area contributed by atoms with E-state index in [-0.39, 0.29) is 129 Å². The number of methoxy groups -OCH3 is 4. The van der Waals surface area contributed by atoms with Crippen molar-refractivity contribution >= 4 is 69.1 Å². The normalized spacial score (nSPS) is 16.0. The third kappa shape index (κ3) is 18.6. The van der Waals surface area contributed by atoms with Gasteiger partial charge in [-0.15, -0.1) is 0 Å². The van der Waals surface area contributed by atoms with E-state index in [1.807, 2.05) is 159 Å². The van der Waals surface area contributed by atoms with Crippen molar-refractivity contribution in [2.24, 2.45) is 0 Å². The number of unbranched alkanes of at least 4 members (excludes halogenated alkanes) is 1. The van der Waals surface area contributed by atoms with Crippen LogP contribution in [-0.2, 0) is 98.5 Å². The SMILES string of the molecule is COc1ccc(C2(c3ccc(OC)cc3)C=Cc3c4c(c5ccccc5c3O2)-c2ccccc2C4(C)OCCOC(=O)CCC(=O)OCCOCCOC(C)(C)C(=O)CCCCC(=O)OCCOCCOC(C)(C)C(=O)CCC(=O)OCCOC2(C)c3ccccc3-c3c2c2c(c4ccccc34)OC(c3ccc(OC)cc3)(c3ccc(OC)cc3)C=C2)cc1. The fourth-order valence-corrected chi connectivity index (χ4v) is 17.0. The summed E-state index contributed by atoms with van der Waals surface area (Å²) in [5.41, 5.74) is 6.89. The molecular formula is C102H106O22. The van der Waals surface area contributed by atoms with Crippen LogP contribution >= 0.6 is 0 Å². The molecule has 124 heavy (non-hydrogen) atoms. The molecule has 2 unspecified atom stereocenters. The molecule has 4 aliphatic rings. The van der Waals surface area contributed by atoms with Gasteiger partial charge in [-0.05, 0) is 159 Å². The quantitative estimate of drug-likeness (QED) is 0.0196. The fourth-order valence-electron chi connectivity index (χ4n) is 17.0. The van der Waals surface area contributed by atoms with Gasteiger partial charge in [-0.1, -0.05) is 158 Å². The van der Waals surface area contributed by atoms with Crippen LogP contribution in [0.15, 0.2) is 206 Å². The summed E-state index contributed by atoms with van der Waals surface area (Å²) in [7, 11) is 6.56. The molecular weight excluding hydrogens is 1580 g/mol. The predicted molar refractivity (Wildman–Crippen MR) is 469 cm³/mol. The van der Waals surface area contributed by atoms with Crippen LogP contribution in [0.4, 0.5) is 0 Å². The van der Waals surface area contributed by atoms with Crippen molar-refractivity contribution in [1.29, 1.82) is 0 Å². The van der Waals surface area contributed by atoms with E-state index >= 15 is 0 Å². The molecule has 14 rings (SSSR count). The maximum Gasteiger partial charge on any atom is 0.306 e. The molecule has 0 aromatic heterocycles. The second-order valence-corrected chi connectivity index (χ2v) is 32.1. The first-order valence-corrected chi connectivity index (χ1v) is 42.1. The van der Waals surface area contributed by atoms with Crippen molar-refractivity contribution in [1.82, 2.24) is 0 Å². The molecule has 10 aromatic carbocycles. The van der Waals surface area contributed by atoms with Crippen molar-refractivity contribution in [3.63, 3.8) is 0 Å². The second kappa shape index (κ2) is 38.8. The molecule has 0 N–H and O–H groups in total. The lowest BCUT2D eigenvalue weighted by molar-refractivity contribution is -0.153. The molecule has 0 saturated carbocycles. The minimum Gasteiger partial charge on any atom is -0.497 e. The summed E-state index contributed by atoms with van der Waals surface area (Å²) in [5.74, 6) is 1.71. The molecule has 2 aliphatic heterocycles. The summed E-state index contributed by atoms with van der Waals surface area (Å²) < 4.78 is 95.8. The monoisotopic (exact) mass is 1680 g/mol. The topological polar surface area (TPSA) is 250 Å². The van der Waals surface area contributed by atoms with Gasteiger partial charge in [0.15, 0.2) is 22.8 Å². The third-order valence-corrected chi connectivity index (χ3v) is 23.7. The minimum atomic E-state index is -1.22.